The van der Waals surface area contributed by atoms with Gasteiger partial charge < -0.3 is 4.84 Å². The summed E-state index contributed by atoms with van der Waals surface area (Å²) in [6, 6.07) is 11.6. The second-order valence-electron chi connectivity index (χ2n) is 4.00. The summed E-state index contributed by atoms with van der Waals surface area (Å²) in [4.78, 5) is 16.7. The molecule has 20 heavy (non-hydrogen) atoms. The van der Waals surface area contributed by atoms with Gasteiger partial charge in [-0.2, -0.15) is 0 Å². The van der Waals surface area contributed by atoms with Gasteiger partial charge in [-0.1, -0.05) is 40.9 Å². The average Bonchev–Trinajstić information content (AvgIpc) is 2.37. The molecular weight excluding hydrogens is 321 g/mol. The smallest absolute Gasteiger partial charge is 0.356 e. The molecule has 6 heteroatoms. The van der Waals surface area contributed by atoms with Gasteiger partial charge in [0.05, 0.1) is 12.1 Å². The van der Waals surface area contributed by atoms with Crippen molar-refractivity contribution in [2.75, 3.05) is 0 Å². The minimum Gasteiger partial charge on any atom is -0.366 e. The Hall–Kier alpha value is -1.26. The Labute approximate surface area is 131 Å². The molecule has 0 aliphatic carbocycles. The molecule has 1 N–H and O–H groups in total. The predicted octanol–water partition coefficient (Wildman–Crippen LogP) is 4.51. The highest BCUT2D eigenvalue weighted by molar-refractivity contribution is 6.34. The lowest BCUT2D eigenvalue weighted by Crippen LogP contribution is -2.19. The van der Waals surface area contributed by atoms with Crippen LogP contribution in [0.25, 0.3) is 0 Å². The quantitative estimate of drug-likeness (QED) is 0.838. The molecule has 0 bridgehead atoms. The van der Waals surface area contributed by atoms with Crippen LogP contribution in [-0.2, 0) is 11.4 Å². The van der Waals surface area contributed by atoms with Crippen LogP contribution in [0.1, 0.15) is 15.9 Å². The zero-order chi connectivity index (χ0) is 14.5. The first-order chi connectivity index (χ1) is 9.54. The van der Waals surface area contributed by atoms with Gasteiger partial charge in [0.25, 0.3) is 0 Å². The van der Waals surface area contributed by atoms with Gasteiger partial charge in [0.2, 0.25) is 0 Å². The molecule has 3 nitrogen and oxygen atoms in total. The summed E-state index contributed by atoms with van der Waals surface area (Å²) in [5.41, 5.74) is 3.74. The van der Waals surface area contributed by atoms with Gasteiger partial charge in [0.1, 0.15) is 0 Å². The molecule has 2 rings (SSSR count). The van der Waals surface area contributed by atoms with E-state index in [2.05, 4.69) is 5.48 Å². The van der Waals surface area contributed by atoms with Crippen molar-refractivity contribution in [3.05, 3.63) is 68.7 Å². The lowest BCUT2D eigenvalue weighted by Gasteiger charge is -2.07. The fraction of sp³-hybridized carbons (Fsp3) is 0.0714. The third-order valence-electron chi connectivity index (χ3n) is 2.42. The zero-order valence-corrected chi connectivity index (χ0v) is 12.5. The van der Waals surface area contributed by atoms with Crippen molar-refractivity contribution in [3.63, 3.8) is 0 Å². The van der Waals surface area contributed by atoms with E-state index in [9.17, 15) is 4.79 Å². The van der Waals surface area contributed by atoms with E-state index in [0.29, 0.717) is 27.2 Å². The molecule has 0 aromatic heterocycles. The van der Waals surface area contributed by atoms with Gasteiger partial charge in [-0.05, 0) is 42.0 Å². The monoisotopic (exact) mass is 329 g/mol. The summed E-state index contributed by atoms with van der Waals surface area (Å²) in [6.45, 7) is 0.298. The molecule has 0 saturated carbocycles. The van der Waals surface area contributed by atoms with E-state index < -0.39 is 5.97 Å². The number of rotatable bonds is 4. The summed E-state index contributed by atoms with van der Waals surface area (Å²) >= 11 is 17.5. The maximum absolute atomic E-state index is 11.7. The first-order valence-corrected chi connectivity index (χ1v) is 6.82. The number of hydrogen-bond acceptors (Lipinski definition) is 3. The van der Waals surface area contributed by atoms with E-state index in [4.69, 9.17) is 39.6 Å². The average molecular weight is 331 g/mol. The van der Waals surface area contributed by atoms with Crippen LogP contribution in [0.5, 0.6) is 0 Å². The fourth-order valence-corrected chi connectivity index (χ4v) is 2.33. The summed E-state index contributed by atoms with van der Waals surface area (Å²) in [7, 11) is 0. The van der Waals surface area contributed by atoms with Crippen LogP contribution in [-0.4, -0.2) is 5.97 Å². The Morgan fingerprint density at radius 1 is 1.00 bits per heavy atom. The minimum absolute atomic E-state index is 0.298. The van der Waals surface area contributed by atoms with E-state index in [-0.39, 0.29) is 0 Å². The largest absolute Gasteiger partial charge is 0.366 e. The third kappa shape index (κ3) is 4.39. The first-order valence-electron chi connectivity index (χ1n) is 5.69. The molecule has 0 aliphatic rings. The number of hydrogen-bond donors (Lipinski definition) is 1. The van der Waals surface area contributed by atoms with Crippen LogP contribution in [0, 0.1) is 0 Å². The van der Waals surface area contributed by atoms with Crippen molar-refractivity contribution in [2.24, 2.45) is 0 Å². The molecule has 0 saturated heterocycles. The molecule has 0 atom stereocenters. The number of carbonyl (C=O) groups excluding carboxylic acids is 1. The standard InChI is InChI=1S/C14H10Cl3NO2/c15-11-3-1-2-10(6-11)14(19)20-18-8-9-4-12(16)7-13(17)5-9/h1-7,18H,8H2. The maximum Gasteiger partial charge on any atom is 0.356 e. The molecule has 0 heterocycles. The second kappa shape index (κ2) is 6.95. The molecule has 0 fully saturated rings. The van der Waals surface area contributed by atoms with Crippen molar-refractivity contribution in [2.45, 2.75) is 6.54 Å². The number of halogens is 3. The van der Waals surface area contributed by atoms with Crippen LogP contribution >= 0.6 is 34.8 Å². The maximum atomic E-state index is 11.7. The molecule has 0 radical (unpaired) electrons. The van der Waals surface area contributed by atoms with Crippen LogP contribution in [0.4, 0.5) is 0 Å². The van der Waals surface area contributed by atoms with Gasteiger partial charge in [-0.25, -0.2) is 4.79 Å². The highest BCUT2D eigenvalue weighted by Gasteiger charge is 2.07. The Balaban J connectivity index is 1.91. The minimum atomic E-state index is -0.513. The predicted molar refractivity (Wildman–Crippen MR) is 80.2 cm³/mol. The van der Waals surface area contributed by atoms with Crippen molar-refractivity contribution < 1.29 is 9.63 Å². The summed E-state index contributed by atoms with van der Waals surface area (Å²) in [5.74, 6) is -0.513. The van der Waals surface area contributed by atoms with E-state index in [1.54, 1.807) is 36.4 Å². The van der Waals surface area contributed by atoms with E-state index >= 15 is 0 Å². The molecule has 0 unspecified atom stereocenters. The molecule has 0 amide bonds. The van der Waals surface area contributed by atoms with E-state index in [1.165, 1.54) is 6.07 Å². The van der Waals surface area contributed by atoms with Gasteiger partial charge in [-0.15, -0.1) is 5.48 Å². The van der Waals surface area contributed by atoms with Crippen molar-refractivity contribution >= 4 is 40.8 Å². The summed E-state index contributed by atoms with van der Waals surface area (Å²) < 4.78 is 0. The Bertz CT molecular complexity index is 611. The summed E-state index contributed by atoms with van der Waals surface area (Å²) in [5, 5.41) is 1.52. The van der Waals surface area contributed by atoms with Crippen molar-refractivity contribution in [1.29, 1.82) is 0 Å². The number of hydroxylamine groups is 1. The SMILES string of the molecule is O=C(ONCc1cc(Cl)cc(Cl)c1)c1cccc(Cl)c1. The number of carbonyl (C=O) groups is 1. The Morgan fingerprint density at radius 2 is 1.70 bits per heavy atom. The molecule has 104 valence electrons. The number of nitrogens with one attached hydrogen (secondary N) is 1. The Kier molecular flexibility index (Phi) is 5.26. The van der Waals surface area contributed by atoms with Crippen LogP contribution in [0.15, 0.2) is 42.5 Å². The van der Waals surface area contributed by atoms with Crippen LogP contribution in [0.3, 0.4) is 0 Å². The second-order valence-corrected chi connectivity index (χ2v) is 5.31. The van der Waals surface area contributed by atoms with E-state index in [0.717, 1.165) is 5.56 Å². The molecule has 0 spiro atoms. The lowest BCUT2D eigenvalue weighted by molar-refractivity contribution is 0.0237. The highest BCUT2D eigenvalue weighted by atomic mass is 35.5. The number of benzene rings is 2. The van der Waals surface area contributed by atoms with Gasteiger partial charge >= 0.3 is 5.97 Å². The van der Waals surface area contributed by atoms with Gasteiger partial charge in [0, 0.05) is 15.1 Å². The van der Waals surface area contributed by atoms with Crippen molar-refractivity contribution in [1.82, 2.24) is 5.48 Å². The normalized spacial score (nSPS) is 10.3. The summed E-state index contributed by atoms with van der Waals surface area (Å²) in [6.07, 6.45) is 0. The molecule has 2 aromatic rings. The zero-order valence-electron chi connectivity index (χ0n) is 10.2. The van der Waals surface area contributed by atoms with Gasteiger partial charge in [-0.3, -0.25) is 0 Å². The lowest BCUT2D eigenvalue weighted by atomic mass is 10.2. The first kappa shape index (κ1) is 15.1. The fourth-order valence-electron chi connectivity index (χ4n) is 1.57. The van der Waals surface area contributed by atoms with E-state index in [1.807, 2.05) is 0 Å². The van der Waals surface area contributed by atoms with Crippen LogP contribution in [0.2, 0.25) is 15.1 Å². The van der Waals surface area contributed by atoms with Gasteiger partial charge in [0.15, 0.2) is 0 Å². The molecule has 2 aromatic carbocycles. The molecular formula is C14H10Cl3NO2. The third-order valence-corrected chi connectivity index (χ3v) is 3.10. The topological polar surface area (TPSA) is 38.3 Å². The Morgan fingerprint density at radius 3 is 2.35 bits per heavy atom. The highest BCUT2D eigenvalue weighted by Crippen LogP contribution is 2.19. The van der Waals surface area contributed by atoms with Crippen molar-refractivity contribution in [3.8, 4) is 0 Å². The molecule has 0 aliphatic heterocycles. The van der Waals surface area contributed by atoms with Crippen LogP contribution < -0.4 is 5.48 Å².